The predicted molar refractivity (Wildman–Crippen MR) is 78.8 cm³/mol. The van der Waals surface area contributed by atoms with Crippen LogP contribution in [0.2, 0.25) is 10.0 Å². The number of aryl methyl sites for hydroxylation is 1. The number of anilines is 1. The number of methoxy groups -OCH3 is 1. The average Bonchev–Trinajstić information content (AvgIpc) is 2.33. The van der Waals surface area contributed by atoms with Crippen LogP contribution >= 0.6 is 23.2 Å². The molecule has 1 aromatic carbocycles. The smallest absolute Gasteiger partial charge is 0.0664 e. The summed E-state index contributed by atoms with van der Waals surface area (Å²) < 4.78 is 5.19. The van der Waals surface area contributed by atoms with Crippen LogP contribution in [0.4, 0.5) is 5.69 Å². The minimum absolute atomic E-state index is 0.190. The molecular weight excluding hydrogens is 271 g/mol. The van der Waals surface area contributed by atoms with Crippen LogP contribution in [0.15, 0.2) is 12.1 Å². The SMILES string of the molecule is COCC(CCCN)Nc1cc(Cl)c(C)cc1Cl. The Labute approximate surface area is 119 Å². The Morgan fingerprint density at radius 2 is 2.06 bits per heavy atom. The number of halogens is 2. The van der Waals surface area contributed by atoms with Gasteiger partial charge in [-0.2, -0.15) is 0 Å². The fraction of sp³-hybridized carbons (Fsp3) is 0.538. The lowest BCUT2D eigenvalue weighted by molar-refractivity contribution is 0.182. The van der Waals surface area contributed by atoms with E-state index in [1.54, 1.807) is 7.11 Å². The highest BCUT2D eigenvalue weighted by molar-refractivity contribution is 6.35. The van der Waals surface area contributed by atoms with Crippen LogP contribution in [-0.2, 0) is 4.74 Å². The number of nitrogens with two attached hydrogens (primary N) is 1. The number of hydrogen-bond acceptors (Lipinski definition) is 3. The van der Waals surface area contributed by atoms with E-state index in [-0.39, 0.29) is 6.04 Å². The molecule has 1 unspecified atom stereocenters. The Balaban J connectivity index is 2.76. The number of rotatable bonds is 7. The van der Waals surface area contributed by atoms with Crippen LogP contribution < -0.4 is 11.1 Å². The summed E-state index contributed by atoms with van der Waals surface area (Å²) in [5.74, 6) is 0. The Morgan fingerprint density at radius 1 is 1.33 bits per heavy atom. The molecule has 0 aliphatic carbocycles. The molecule has 3 nitrogen and oxygen atoms in total. The van der Waals surface area contributed by atoms with E-state index in [4.69, 9.17) is 33.7 Å². The summed E-state index contributed by atoms with van der Waals surface area (Å²) in [6.07, 6.45) is 1.88. The normalized spacial score (nSPS) is 12.5. The highest BCUT2D eigenvalue weighted by atomic mass is 35.5. The largest absolute Gasteiger partial charge is 0.383 e. The fourth-order valence-electron chi connectivity index (χ4n) is 1.74. The van der Waals surface area contributed by atoms with Gasteiger partial charge in [-0.15, -0.1) is 0 Å². The van der Waals surface area contributed by atoms with E-state index >= 15 is 0 Å². The zero-order valence-electron chi connectivity index (χ0n) is 10.8. The van der Waals surface area contributed by atoms with Gasteiger partial charge in [0.05, 0.1) is 17.3 Å². The highest BCUT2D eigenvalue weighted by Crippen LogP contribution is 2.29. The lowest BCUT2D eigenvalue weighted by atomic mass is 10.1. The van der Waals surface area contributed by atoms with E-state index in [2.05, 4.69) is 5.32 Å². The van der Waals surface area contributed by atoms with Crippen molar-refractivity contribution in [2.24, 2.45) is 5.73 Å². The van der Waals surface area contributed by atoms with Gasteiger partial charge in [0.1, 0.15) is 0 Å². The van der Waals surface area contributed by atoms with Gasteiger partial charge >= 0.3 is 0 Å². The lowest BCUT2D eigenvalue weighted by Crippen LogP contribution is -2.26. The molecule has 1 aromatic rings. The van der Waals surface area contributed by atoms with Crippen molar-refractivity contribution >= 4 is 28.9 Å². The minimum atomic E-state index is 0.190. The summed E-state index contributed by atoms with van der Waals surface area (Å²) in [4.78, 5) is 0. The van der Waals surface area contributed by atoms with Crippen molar-refractivity contribution < 1.29 is 4.74 Å². The first-order valence-corrected chi connectivity index (χ1v) is 6.75. The Morgan fingerprint density at radius 3 is 2.67 bits per heavy atom. The monoisotopic (exact) mass is 290 g/mol. The van der Waals surface area contributed by atoms with Crippen LogP contribution in [0.1, 0.15) is 18.4 Å². The average molecular weight is 291 g/mol. The summed E-state index contributed by atoms with van der Waals surface area (Å²) in [7, 11) is 1.68. The Bertz CT molecular complexity index is 385. The molecule has 5 heteroatoms. The third-order valence-electron chi connectivity index (χ3n) is 2.73. The standard InChI is InChI=1S/C13H20Cl2N2O/c1-9-6-12(15)13(7-11(9)14)17-10(8-18-2)4-3-5-16/h6-7,10,17H,3-5,8,16H2,1-2H3. The molecule has 0 saturated heterocycles. The molecule has 1 rings (SSSR count). The second kappa shape index (κ2) is 7.85. The molecule has 102 valence electrons. The van der Waals surface area contributed by atoms with Gasteiger partial charge in [-0.3, -0.25) is 0 Å². The van der Waals surface area contributed by atoms with Gasteiger partial charge in [0.15, 0.2) is 0 Å². The minimum Gasteiger partial charge on any atom is -0.383 e. The van der Waals surface area contributed by atoms with Crippen molar-refractivity contribution in [2.75, 3.05) is 25.6 Å². The maximum atomic E-state index is 6.19. The number of nitrogens with one attached hydrogen (secondary N) is 1. The van der Waals surface area contributed by atoms with Crippen molar-refractivity contribution in [3.05, 3.63) is 27.7 Å². The summed E-state index contributed by atoms with van der Waals surface area (Å²) >= 11 is 12.3. The van der Waals surface area contributed by atoms with Gasteiger partial charge in [-0.25, -0.2) is 0 Å². The van der Waals surface area contributed by atoms with Crippen LogP contribution in [-0.4, -0.2) is 26.3 Å². The molecule has 0 saturated carbocycles. The predicted octanol–water partition coefficient (Wildman–Crippen LogP) is 3.47. The van der Waals surface area contributed by atoms with E-state index in [1.165, 1.54) is 0 Å². The summed E-state index contributed by atoms with van der Waals surface area (Å²) in [6, 6.07) is 3.90. The molecule has 0 aromatic heterocycles. The number of benzene rings is 1. The Hall–Kier alpha value is -0.480. The second-order valence-electron chi connectivity index (χ2n) is 4.31. The van der Waals surface area contributed by atoms with Crippen LogP contribution in [0.3, 0.4) is 0 Å². The van der Waals surface area contributed by atoms with E-state index < -0.39 is 0 Å². The first-order valence-electron chi connectivity index (χ1n) is 5.99. The molecule has 0 spiro atoms. The lowest BCUT2D eigenvalue weighted by Gasteiger charge is -2.20. The first kappa shape index (κ1) is 15.6. The molecule has 0 aliphatic heterocycles. The van der Waals surface area contributed by atoms with Gasteiger partial charge in [0.2, 0.25) is 0 Å². The van der Waals surface area contributed by atoms with E-state index in [0.717, 1.165) is 24.1 Å². The van der Waals surface area contributed by atoms with Gasteiger partial charge in [0.25, 0.3) is 0 Å². The molecule has 0 radical (unpaired) electrons. The summed E-state index contributed by atoms with van der Waals surface area (Å²) in [5.41, 5.74) is 7.33. The van der Waals surface area contributed by atoms with Crippen molar-refractivity contribution in [3.8, 4) is 0 Å². The van der Waals surface area contributed by atoms with Crippen LogP contribution in [0, 0.1) is 6.92 Å². The molecule has 18 heavy (non-hydrogen) atoms. The van der Waals surface area contributed by atoms with Crippen molar-refractivity contribution in [1.29, 1.82) is 0 Å². The van der Waals surface area contributed by atoms with Crippen LogP contribution in [0.5, 0.6) is 0 Å². The number of ether oxygens (including phenoxy) is 1. The van der Waals surface area contributed by atoms with E-state index in [9.17, 15) is 0 Å². The van der Waals surface area contributed by atoms with Gasteiger partial charge < -0.3 is 15.8 Å². The second-order valence-corrected chi connectivity index (χ2v) is 5.12. The van der Waals surface area contributed by atoms with Crippen molar-refractivity contribution in [3.63, 3.8) is 0 Å². The zero-order valence-corrected chi connectivity index (χ0v) is 12.3. The van der Waals surface area contributed by atoms with E-state index in [0.29, 0.717) is 23.2 Å². The zero-order chi connectivity index (χ0) is 13.5. The van der Waals surface area contributed by atoms with Crippen LogP contribution in [0.25, 0.3) is 0 Å². The number of hydrogen-bond donors (Lipinski definition) is 2. The Kier molecular flexibility index (Phi) is 6.79. The first-order chi connectivity index (χ1) is 8.58. The topological polar surface area (TPSA) is 47.3 Å². The van der Waals surface area contributed by atoms with Gasteiger partial charge in [-0.05, 0) is 44.0 Å². The maximum absolute atomic E-state index is 6.19. The highest BCUT2D eigenvalue weighted by Gasteiger charge is 2.11. The molecule has 0 bridgehead atoms. The van der Waals surface area contributed by atoms with Gasteiger partial charge in [0, 0.05) is 18.2 Å². The summed E-state index contributed by atoms with van der Waals surface area (Å²) in [5, 5.41) is 4.73. The molecule has 1 atom stereocenters. The molecule has 0 aliphatic rings. The molecule has 0 fully saturated rings. The van der Waals surface area contributed by atoms with Crippen molar-refractivity contribution in [1.82, 2.24) is 0 Å². The molecule has 0 amide bonds. The van der Waals surface area contributed by atoms with Gasteiger partial charge in [-0.1, -0.05) is 23.2 Å². The third-order valence-corrected chi connectivity index (χ3v) is 3.45. The van der Waals surface area contributed by atoms with E-state index in [1.807, 2.05) is 19.1 Å². The fourth-order valence-corrected chi connectivity index (χ4v) is 2.18. The third kappa shape index (κ3) is 4.65. The van der Waals surface area contributed by atoms with Crippen molar-refractivity contribution in [2.45, 2.75) is 25.8 Å². The maximum Gasteiger partial charge on any atom is 0.0664 e. The molecule has 0 heterocycles. The molecular formula is C13H20Cl2N2O. The molecule has 3 N–H and O–H groups in total. The quantitative estimate of drug-likeness (QED) is 0.808. The summed E-state index contributed by atoms with van der Waals surface area (Å²) in [6.45, 7) is 3.21.